The zero-order valence-electron chi connectivity index (χ0n) is 8.34. The van der Waals surface area contributed by atoms with Crippen molar-refractivity contribution in [3.63, 3.8) is 0 Å². The summed E-state index contributed by atoms with van der Waals surface area (Å²) in [6.45, 7) is 4.62. The van der Waals surface area contributed by atoms with Gasteiger partial charge in [0.1, 0.15) is 0 Å². The van der Waals surface area contributed by atoms with Crippen LogP contribution in [-0.2, 0) is 0 Å². The molecular weight excluding hydrogens is 240 g/mol. The summed E-state index contributed by atoms with van der Waals surface area (Å²) in [7, 11) is 0. The van der Waals surface area contributed by atoms with E-state index >= 15 is 0 Å². The molecule has 0 bridgehead atoms. The largest absolute Gasteiger partial charge is 0.383 e. The number of nitrogens with zero attached hydrogens (tertiary/aromatic N) is 1. The summed E-state index contributed by atoms with van der Waals surface area (Å²) >= 11 is 3.47. The Bertz CT molecular complexity index is 355. The van der Waals surface area contributed by atoms with Gasteiger partial charge in [0.2, 0.25) is 0 Å². The zero-order chi connectivity index (χ0) is 10.6. The fourth-order valence-corrected chi connectivity index (χ4v) is 1.71. The predicted octanol–water partition coefficient (Wildman–Crippen LogP) is 3.33. The Kier molecular flexibility index (Phi) is 3.97. The molecule has 1 N–H and O–H groups in total. The fourth-order valence-electron chi connectivity index (χ4n) is 1.07. The summed E-state index contributed by atoms with van der Waals surface area (Å²) in [6, 6.07) is 8.31. The summed E-state index contributed by atoms with van der Waals surface area (Å²) in [6.07, 6.45) is 0. The molecule has 1 rings (SSSR count). The first kappa shape index (κ1) is 11.1. The predicted molar refractivity (Wildman–Crippen MR) is 62.1 cm³/mol. The Morgan fingerprint density at radius 2 is 2.29 bits per heavy atom. The SMILES string of the molecule is Cc1ccc(NCC(C)C#N)c(Br)c1. The number of hydrogen-bond donors (Lipinski definition) is 1. The summed E-state index contributed by atoms with van der Waals surface area (Å²) in [5.41, 5.74) is 2.26. The number of halogens is 1. The van der Waals surface area contributed by atoms with E-state index in [4.69, 9.17) is 5.26 Å². The van der Waals surface area contributed by atoms with Gasteiger partial charge in [0.15, 0.2) is 0 Å². The van der Waals surface area contributed by atoms with E-state index in [9.17, 15) is 0 Å². The van der Waals surface area contributed by atoms with Gasteiger partial charge in [-0.1, -0.05) is 6.07 Å². The van der Waals surface area contributed by atoms with Crippen molar-refractivity contribution < 1.29 is 0 Å². The standard InChI is InChI=1S/C11H13BrN2/c1-8-3-4-11(10(12)5-8)14-7-9(2)6-13/h3-5,9,14H,7H2,1-2H3. The highest BCUT2D eigenvalue weighted by Crippen LogP contribution is 2.23. The van der Waals surface area contributed by atoms with Crippen molar-refractivity contribution in [1.29, 1.82) is 5.26 Å². The van der Waals surface area contributed by atoms with Gasteiger partial charge in [0.05, 0.1) is 12.0 Å². The Labute approximate surface area is 93.1 Å². The number of aryl methyl sites for hydroxylation is 1. The molecule has 0 spiro atoms. The van der Waals surface area contributed by atoms with Gasteiger partial charge in [-0.25, -0.2) is 0 Å². The van der Waals surface area contributed by atoms with Crippen molar-refractivity contribution in [2.75, 3.05) is 11.9 Å². The molecule has 0 aliphatic rings. The van der Waals surface area contributed by atoms with E-state index in [1.54, 1.807) is 0 Å². The second-order valence-electron chi connectivity index (χ2n) is 3.39. The van der Waals surface area contributed by atoms with Gasteiger partial charge in [0, 0.05) is 16.7 Å². The second kappa shape index (κ2) is 5.02. The molecule has 2 nitrogen and oxygen atoms in total. The van der Waals surface area contributed by atoms with Gasteiger partial charge in [-0.3, -0.25) is 0 Å². The maximum absolute atomic E-state index is 8.62. The molecule has 14 heavy (non-hydrogen) atoms. The Hall–Kier alpha value is -1.01. The minimum atomic E-state index is 0.0307. The lowest BCUT2D eigenvalue weighted by Gasteiger charge is -2.09. The molecule has 0 saturated heterocycles. The van der Waals surface area contributed by atoms with Crippen LogP contribution in [-0.4, -0.2) is 6.54 Å². The van der Waals surface area contributed by atoms with Crippen molar-refractivity contribution in [2.24, 2.45) is 5.92 Å². The summed E-state index contributed by atoms with van der Waals surface area (Å²) < 4.78 is 1.04. The Balaban J connectivity index is 2.64. The lowest BCUT2D eigenvalue weighted by atomic mass is 10.2. The molecule has 0 radical (unpaired) electrons. The number of rotatable bonds is 3. The number of nitrogens with one attached hydrogen (secondary N) is 1. The van der Waals surface area contributed by atoms with E-state index in [2.05, 4.69) is 33.4 Å². The van der Waals surface area contributed by atoms with Crippen LogP contribution in [0.15, 0.2) is 22.7 Å². The lowest BCUT2D eigenvalue weighted by molar-refractivity contribution is 0.786. The van der Waals surface area contributed by atoms with Gasteiger partial charge in [0.25, 0.3) is 0 Å². The maximum atomic E-state index is 8.62. The molecule has 0 amide bonds. The molecule has 1 aromatic rings. The highest BCUT2D eigenvalue weighted by atomic mass is 79.9. The smallest absolute Gasteiger partial charge is 0.0671 e. The van der Waals surface area contributed by atoms with Crippen LogP contribution in [0.2, 0.25) is 0 Å². The molecule has 0 fully saturated rings. The quantitative estimate of drug-likeness (QED) is 0.896. The van der Waals surface area contributed by atoms with Crippen molar-refractivity contribution in [3.05, 3.63) is 28.2 Å². The third-order valence-electron chi connectivity index (χ3n) is 1.94. The zero-order valence-corrected chi connectivity index (χ0v) is 9.93. The second-order valence-corrected chi connectivity index (χ2v) is 4.25. The van der Waals surface area contributed by atoms with Crippen LogP contribution in [0, 0.1) is 24.2 Å². The van der Waals surface area contributed by atoms with E-state index in [1.807, 2.05) is 26.0 Å². The van der Waals surface area contributed by atoms with Crippen LogP contribution < -0.4 is 5.32 Å². The van der Waals surface area contributed by atoms with Gasteiger partial charge in [-0.15, -0.1) is 0 Å². The molecule has 0 saturated carbocycles. The van der Waals surface area contributed by atoms with E-state index in [0.29, 0.717) is 6.54 Å². The highest BCUT2D eigenvalue weighted by Gasteiger charge is 2.02. The van der Waals surface area contributed by atoms with Gasteiger partial charge in [-0.2, -0.15) is 5.26 Å². The highest BCUT2D eigenvalue weighted by molar-refractivity contribution is 9.10. The maximum Gasteiger partial charge on any atom is 0.0671 e. The third-order valence-corrected chi connectivity index (χ3v) is 2.60. The van der Waals surface area contributed by atoms with Crippen molar-refractivity contribution in [3.8, 4) is 6.07 Å². The third kappa shape index (κ3) is 3.04. The molecule has 1 aromatic carbocycles. The van der Waals surface area contributed by atoms with Gasteiger partial charge < -0.3 is 5.32 Å². The molecule has 0 heterocycles. The lowest BCUT2D eigenvalue weighted by Crippen LogP contribution is -2.09. The van der Waals surface area contributed by atoms with E-state index in [0.717, 1.165) is 10.2 Å². The summed E-state index contributed by atoms with van der Waals surface area (Å²) in [4.78, 5) is 0. The van der Waals surface area contributed by atoms with Crippen molar-refractivity contribution >= 4 is 21.6 Å². The number of anilines is 1. The first-order chi connectivity index (χ1) is 6.63. The van der Waals surface area contributed by atoms with Gasteiger partial charge in [-0.05, 0) is 47.5 Å². The van der Waals surface area contributed by atoms with Crippen LogP contribution in [0.5, 0.6) is 0 Å². The monoisotopic (exact) mass is 252 g/mol. The van der Waals surface area contributed by atoms with Crippen molar-refractivity contribution in [2.45, 2.75) is 13.8 Å². The van der Waals surface area contributed by atoms with E-state index in [-0.39, 0.29) is 5.92 Å². The van der Waals surface area contributed by atoms with E-state index in [1.165, 1.54) is 5.56 Å². The van der Waals surface area contributed by atoms with Crippen LogP contribution in [0.25, 0.3) is 0 Å². The normalized spacial score (nSPS) is 11.9. The topological polar surface area (TPSA) is 35.8 Å². The number of nitriles is 1. The fraction of sp³-hybridized carbons (Fsp3) is 0.364. The Morgan fingerprint density at radius 3 is 2.86 bits per heavy atom. The number of hydrogen-bond acceptors (Lipinski definition) is 2. The number of benzene rings is 1. The molecule has 0 aliphatic heterocycles. The molecule has 0 aliphatic carbocycles. The summed E-state index contributed by atoms with van der Waals surface area (Å²) in [5, 5.41) is 11.8. The minimum Gasteiger partial charge on any atom is -0.383 e. The molecule has 1 atom stereocenters. The molecule has 1 unspecified atom stereocenters. The minimum absolute atomic E-state index is 0.0307. The molecular formula is C11H13BrN2. The first-order valence-electron chi connectivity index (χ1n) is 4.53. The average molecular weight is 253 g/mol. The summed E-state index contributed by atoms with van der Waals surface area (Å²) in [5.74, 6) is 0.0307. The Morgan fingerprint density at radius 1 is 1.57 bits per heavy atom. The van der Waals surface area contributed by atoms with Crippen LogP contribution in [0.3, 0.4) is 0 Å². The average Bonchev–Trinajstić information content (AvgIpc) is 2.16. The van der Waals surface area contributed by atoms with Crippen LogP contribution >= 0.6 is 15.9 Å². The van der Waals surface area contributed by atoms with Gasteiger partial charge >= 0.3 is 0 Å². The van der Waals surface area contributed by atoms with Crippen LogP contribution in [0.4, 0.5) is 5.69 Å². The van der Waals surface area contributed by atoms with Crippen LogP contribution in [0.1, 0.15) is 12.5 Å². The molecule has 3 heteroatoms. The molecule has 0 aromatic heterocycles. The molecule has 74 valence electrons. The first-order valence-corrected chi connectivity index (χ1v) is 5.32. The van der Waals surface area contributed by atoms with E-state index < -0.39 is 0 Å². The van der Waals surface area contributed by atoms with Crippen molar-refractivity contribution in [1.82, 2.24) is 0 Å².